The molecule has 5 heteroatoms. The average Bonchev–Trinajstić information content (AvgIpc) is 3.00. The Morgan fingerprint density at radius 3 is 2.86 bits per heavy atom. The van der Waals surface area contributed by atoms with Gasteiger partial charge in [-0.15, -0.1) is 0 Å². The number of halogens is 2. The van der Waals surface area contributed by atoms with E-state index in [1.165, 1.54) is 18.3 Å². The first-order valence-electron chi connectivity index (χ1n) is 6.97. The molecule has 1 aliphatic heterocycles. The highest BCUT2D eigenvalue weighted by Crippen LogP contribution is 2.29. The number of nitrogens with zero attached hydrogens (tertiary/aromatic N) is 2. The molecule has 1 aromatic heterocycles. The first kappa shape index (κ1) is 13.9. The third-order valence-corrected chi connectivity index (χ3v) is 3.70. The molecule has 0 spiro atoms. The molecule has 1 unspecified atom stereocenters. The molecule has 1 aliphatic rings. The van der Waals surface area contributed by atoms with Gasteiger partial charge < -0.3 is 4.74 Å². The highest BCUT2D eigenvalue weighted by molar-refractivity contribution is 5.65. The van der Waals surface area contributed by atoms with Crippen LogP contribution in [0.2, 0.25) is 0 Å². The van der Waals surface area contributed by atoms with Gasteiger partial charge in [0.05, 0.1) is 6.20 Å². The van der Waals surface area contributed by atoms with Gasteiger partial charge in [-0.25, -0.2) is 13.5 Å². The molecule has 110 valence electrons. The van der Waals surface area contributed by atoms with E-state index >= 15 is 0 Å². The highest BCUT2D eigenvalue weighted by atomic mass is 19.2. The molecule has 0 bridgehead atoms. The average molecular weight is 290 g/mol. The Morgan fingerprint density at radius 2 is 2.14 bits per heavy atom. The van der Waals surface area contributed by atoms with Crippen molar-refractivity contribution in [3.05, 3.63) is 48.3 Å². The summed E-state index contributed by atoms with van der Waals surface area (Å²) >= 11 is 0. The summed E-state index contributed by atoms with van der Waals surface area (Å²) in [4.78, 5) is 0. The van der Waals surface area contributed by atoms with Crippen molar-refractivity contribution in [3.8, 4) is 11.1 Å². The van der Waals surface area contributed by atoms with Crippen LogP contribution in [0, 0.1) is 11.6 Å². The van der Waals surface area contributed by atoms with Crippen molar-refractivity contribution in [2.45, 2.75) is 25.5 Å². The van der Waals surface area contributed by atoms with Gasteiger partial charge in [0.15, 0.2) is 11.6 Å². The SMILES string of the molecule is C=Cc1ccc(-c2cnn(C3CCCCO3)c2)c(F)c1F. The highest BCUT2D eigenvalue weighted by Gasteiger charge is 2.19. The standard InChI is InChI=1S/C16H16F2N2O/c1-2-11-6-7-13(16(18)15(11)17)12-9-19-20(10-12)14-5-3-4-8-21-14/h2,6-7,9-10,14H,1,3-5,8H2. The van der Waals surface area contributed by atoms with Gasteiger partial charge in [-0.05, 0) is 19.3 Å². The normalized spacial score (nSPS) is 18.7. The molecule has 2 aromatic rings. The zero-order valence-corrected chi connectivity index (χ0v) is 11.6. The molecule has 3 rings (SSSR count). The van der Waals surface area contributed by atoms with Crippen LogP contribution in [-0.4, -0.2) is 16.4 Å². The summed E-state index contributed by atoms with van der Waals surface area (Å²) in [6, 6.07) is 3.05. The second-order valence-electron chi connectivity index (χ2n) is 5.06. The van der Waals surface area contributed by atoms with E-state index in [0.717, 1.165) is 19.3 Å². The minimum atomic E-state index is -0.885. The van der Waals surface area contributed by atoms with Crippen molar-refractivity contribution in [1.29, 1.82) is 0 Å². The lowest BCUT2D eigenvalue weighted by molar-refractivity contribution is -0.0394. The minimum Gasteiger partial charge on any atom is -0.357 e. The molecule has 0 amide bonds. The Labute approximate surface area is 121 Å². The van der Waals surface area contributed by atoms with E-state index in [2.05, 4.69) is 11.7 Å². The van der Waals surface area contributed by atoms with Crippen molar-refractivity contribution in [1.82, 2.24) is 9.78 Å². The largest absolute Gasteiger partial charge is 0.357 e. The first-order chi connectivity index (χ1) is 10.2. The second-order valence-corrected chi connectivity index (χ2v) is 5.06. The smallest absolute Gasteiger partial charge is 0.167 e. The summed E-state index contributed by atoms with van der Waals surface area (Å²) in [5.74, 6) is -1.76. The number of benzene rings is 1. The lowest BCUT2D eigenvalue weighted by atomic mass is 10.1. The first-order valence-corrected chi connectivity index (χ1v) is 6.97. The van der Waals surface area contributed by atoms with Gasteiger partial charge in [0.25, 0.3) is 0 Å². The Balaban J connectivity index is 1.92. The van der Waals surface area contributed by atoms with Gasteiger partial charge >= 0.3 is 0 Å². The summed E-state index contributed by atoms with van der Waals surface area (Å²) in [6.45, 7) is 4.17. The Bertz CT molecular complexity index is 660. The second kappa shape index (κ2) is 5.77. The quantitative estimate of drug-likeness (QED) is 0.848. The summed E-state index contributed by atoms with van der Waals surface area (Å²) in [6.07, 6.45) is 7.41. The maximum atomic E-state index is 14.1. The summed E-state index contributed by atoms with van der Waals surface area (Å²) in [5, 5.41) is 4.21. The van der Waals surface area contributed by atoms with Crippen molar-refractivity contribution in [2.24, 2.45) is 0 Å². The summed E-state index contributed by atoms with van der Waals surface area (Å²) < 4.78 is 35.2. The Hall–Kier alpha value is -2.01. The molecule has 1 aromatic carbocycles. The molecular formula is C16H16F2N2O. The number of hydrogen-bond acceptors (Lipinski definition) is 2. The maximum absolute atomic E-state index is 14.1. The number of aromatic nitrogens is 2. The van der Waals surface area contributed by atoms with E-state index in [4.69, 9.17) is 4.74 Å². The molecule has 3 nitrogen and oxygen atoms in total. The third-order valence-electron chi connectivity index (χ3n) is 3.70. The third kappa shape index (κ3) is 2.61. The molecule has 0 radical (unpaired) electrons. The maximum Gasteiger partial charge on any atom is 0.167 e. The van der Waals surface area contributed by atoms with Gasteiger partial charge in [0, 0.05) is 29.5 Å². The van der Waals surface area contributed by atoms with Crippen LogP contribution in [0.25, 0.3) is 17.2 Å². The van der Waals surface area contributed by atoms with E-state index in [1.54, 1.807) is 16.9 Å². The van der Waals surface area contributed by atoms with E-state index in [0.29, 0.717) is 12.2 Å². The topological polar surface area (TPSA) is 27.1 Å². The number of rotatable bonds is 3. The molecule has 2 heterocycles. The zero-order valence-electron chi connectivity index (χ0n) is 11.6. The zero-order chi connectivity index (χ0) is 14.8. The molecule has 1 saturated heterocycles. The number of hydrogen-bond donors (Lipinski definition) is 0. The van der Waals surface area contributed by atoms with E-state index in [1.807, 2.05) is 0 Å². The lowest BCUT2D eigenvalue weighted by Gasteiger charge is -2.22. The van der Waals surface area contributed by atoms with Crippen LogP contribution in [0.3, 0.4) is 0 Å². The lowest BCUT2D eigenvalue weighted by Crippen LogP contribution is -2.18. The van der Waals surface area contributed by atoms with Crippen molar-refractivity contribution >= 4 is 6.08 Å². The van der Waals surface area contributed by atoms with Crippen LogP contribution < -0.4 is 0 Å². The Kier molecular flexibility index (Phi) is 3.84. The van der Waals surface area contributed by atoms with Crippen molar-refractivity contribution in [3.63, 3.8) is 0 Å². The van der Waals surface area contributed by atoms with Crippen molar-refractivity contribution in [2.75, 3.05) is 6.61 Å². The fraction of sp³-hybridized carbons (Fsp3) is 0.312. The predicted molar refractivity (Wildman–Crippen MR) is 76.5 cm³/mol. The molecular weight excluding hydrogens is 274 g/mol. The van der Waals surface area contributed by atoms with Gasteiger partial charge in [0.2, 0.25) is 0 Å². The molecule has 0 N–H and O–H groups in total. The number of ether oxygens (including phenoxy) is 1. The van der Waals surface area contributed by atoms with Gasteiger partial charge in [-0.3, -0.25) is 0 Å². The minimum absolute atomic E-state index is 0.118. The van der Waals surface area contributed by atoms with Crippen LogP contribution in [0.4, 0.5) is 8.78 Å². The van der Waals surface area contributed by atoms with E-state index < -0.39 is 11.6 Å². The van der Waals surface area contributed by atoms with E-state index in [9.17, 15) is 8.78 Å². The van der Waals surface area contributed by atoms with Crippen LogP contribution in [0.1, 0.15) is 31.1 Å². The summed E-state index contributed by atoms with van der Waals surface area (Å²) in [5.41, 5.74) is 0.885. The fourth-order valence-electron chi connectivity index (χ4n) is 2.51. The van der Waals surface area contributed by atoms with Crippen LogP contribution in [0.15, 0.2) is 31.1 Å². The molecule has 21 heavy (non-hydrogen) atoms. The fourth-order valence-corrected chi connectivity index (χ4v) is 2.51. The summed E-state index contributed by atoms with van der Waals surface area (Å²) in [7, 11) is 0. The molecule has 0 saturated carbocycles. The van der Waals surface area contributed by atoms with Gasteiger partial charge in [-0.1, -0.05) is 24.8 Å². The molecule has 0 aliphatic carbocycles. The predicted octanol–water partition coefficient (Wildman–Crippen LogP) is 4.17. The van der Waals surface area contributed by atoms with Gasteiger partial charge in [-0.2, -0.15) is 5.10 Å². The van der Waals surface area contributed by atoms with Gasteiger partial charge in [0.1, 0.15) is 6.23 Å². The Morgan fingerprint density at radius 1 is 1.29 bits per heavy atom. The van der Waals surface area contributed by atoms with Crippen molar-refractivity contribution < 1.29 is 13.5 Å². The van der Waals surface area contributed by atoms with Crippen LogP contribution >= 0.6 is 0 Å². The van der Waals surface area contributed by atoms with Crippen LogP contribution in [-0.2, 0) is 4.74 Å². The monoisotopic (exact) mass is 290 g/mol. The molecule has 1 atom stereocenters. The molecule has 1 fully saturated rings. The van der Waals surface area contributed by atoms with E-state index in [-0.39, 0.29) is 17.4 Å². The van der Waals surface area contributed by atoms with Crippen LogP contribution in [0.5, 0.6) is 0 Å².